The minimum atomic E-state index is -1.75. The van der Waals surface area contributed by atoms with Gasteiger partial charge in [-0.05, 0) is 52.3 Å². The molecule has 2 aromatic rings. The minimum absolute atomic E-state index is 0.0422. The predicted octanol–water partition coefficient (Wildman–Crippen LogP) is 2.91. The summed E-state index contributed by atoms with van der Waals surface area (Å²) in [5.41, 5.74) is 0.197. The van der Waals surface area contributed by atoms with Crippen molar-refractivity contribution in [3.05, 3.63) is 52.1 Å². The van der Waals surface area contributed by atoms with Crippen molar-refractivity contribution in [2.45, 2.75) is 46.8 Å². The average molecular weight is 483 g/mol. The van der Waals surface area contributed by atoms with E-state index in [9.17, 15) is 32.3 Å². The number of benzene rings is 1. The second-order valence-electron chi connectivity index (χ2n) is 7.62. The van der Waals surface area contributed by atoms with E-state index in [2.05, 4.69) is 10.3 Å². The molecule has 0 aliphatic heterocycles. The van der Waals surface area contributed by atoms with Crippen LogP contribution in [0, 0.1) is 31.3 Å². The summed E-state index contributed by atoms with van der Waals surface area (Å²) in [5.74, 6) is -8.07. The molecule has 0 aliphatic carbocycles. The number of aromatic amines is 1. The summed E-state index contributed by atoms with van der Waals surface area (Å²) >= 11 is 0. The quantitative estimate of drug-likeness (QED) is 0.392. The van der Waals surface area contributed by atoms with Crippen LogP contribution in [0.25, 0.3) is 0 Å². The maximum absolute atomic E-state index is 13.6. The van der Waals surface area contributed by atoms with Crippen molar-refractivity contribution in [3.63, 3.8) is 0 Å². The van der Waals surface area contributed by atoms with Crippen LogP contribution in [0.5, 0.6) is 0 Å². The lowest BCUT2D eigenvalue weighted by atomic mass is 10.1. The van der Waals surface area contributed by atoms with Gasteiger partial charge in [0.1, 0.15) is 5.69 Å². The van der Waals surface area contributed by atoms with Crippen molar-refractivity contribution < 1.29 is 41.8 Å². The van der Waals surface area contributed by atoms with Crippen LogP contribution in [0.4, 0.5) is 18.9 Å². The number of rotatable bonds is 8. The number of nitrogens with one attached hydrogen (secondary N) is 3. The van der Waals surface area contributed by atoms with Gasteiger partial charge in [0, 0.05) is 5.69 Å². The minimum Gasteiger partial charge on any atom is -0.459 e. The topological polar surface area (TPSA) is 127 Å². The number of hydrogen-bond acceptors (Lipinski definition) is 6. The zero-order valence-corrected chi connectivity index (χ0v) is 19.1. The summed E-state index contributed by atoms with van der Waals surface area (Å²) in [6.07, 6.45) is -1.70. The molecule has 1 heterocycles. The number of H-pyrrole nitrogens is 1. The Bertz CT molecular complexity index is 1130. The van der Waals surface area contributed by atoms with Crippen molar-refractivity contribution >= 4 is 29.4 Å². The zero-order chi connectivity index (χ0) is 25.7. The Kier molecular flexibility index (Phi) is 8.44. The second-order valence-corrected chi connectivity index (χ2v) is 7.62. The standard InChI is InChI=1S/C22H24F3N3O6/c1-9(2)33-21(31)16-10(3)19(27-11(16)4)22(32)34-12(5)20(30)26-8-15(29)28-14-7-6-13(23)17(24)18(14)25/h6-7,9,12,27H,8H2,1-5H3,(H,26,30)(H,28,29). The number of aromatic nitrogens is 1. The Morgan fingerprint density at radius 1 is 0.971 bits per heavy atom. The number of halogens is 3. The number of ether oxygens (including phenoxy) is 2. The summed E-state index contributed by atoms with van der Waals surface area (Å²) in [5, 5.41) is 4.16. The molecule has 0 fully saturated rings. The van der Waals surface area contributed by atoms with Gasteiger partial charge in [0.25, 0.3) is 5.91 Å². The van der Waals surface area contributed by atoms with Crippen LogP contribution in [0.1, 0.15) is 52.9 Å². The first-order valence-corrected chi connectivity index (χ1v) is 10.2. The van der Waals surface area contributed by atoms with Crippen molar-refractivity contribution in [2.75, 3.05) is 11.9 Å². The molecule has 1 aromatic carbocycles. The van der Waals surface area contributed by atoms with E-state index in [0.29, 0.717) is 11.8 Å². The fourth-order valence-electron chi connectivity index (χ4n) is 2.93. The van der Waals surface area contributed by atoms with E-state index in [1.807, 2.05) is 5.32 Å². The van der Waals surface area contributed by atoms with Crippen LogP contribution in [0.15, 0.2) is 12.1 Å². The van der Waals surface area contributed by atoms with Gasteiger partial charge in [-0.15, -0.1) is 0 Å². The molecule has 0 saturated carbocycles. The molecule has 0 saturated heterocycles. The van der Waals surface area contributed by atoms with Crippen molar-refractivity contribution in [3.8, 4) is 0 Å². The Labute approximate surface area is 193 Å². The first-order valence-electron chi connectivity index (χ1n) is 10.2. The first-order chi connectivity index (χ1) is 15.8. The number of anilines is 1. The smallest absolute Gasteiger partial charge is 0.355 e. The van der Waals surface area contributed by atoms with E-state index >= 15 is 0 Å². The Morgan fingerprint density at radius 3 is 2.24 bits per heavy atom. The largest absolute Gasteiger partial charge is 0.459 e. The Balaban J connectivity index is 1.96. The lowest BCUT2D eigenvalue weighted by molar-refractivity contribution is -0.130. The van der Waals surface area contributed by atoms with E-state index in [-0.39, 0.29) is 22.9 Å². The summed E-state index contributed by atoms with van der Waals surface area (Å²) in [4.78, 5) is 51.5. The van der Waals surface area contributed by atoms with Crippen LogP contribution in [-0.2, 0) is 19.1 Å². The summed E-state index contributed by atoms with van der Waals surface area (Å²) in [7, 11) is 0. The number of carbonyl (C=O) groups excluding carboxylic acids is 4. The van der Waals surface area contributed by atoms with Gasteiger partial charge >= 0.3 is 11.9 Å². The van der Waals surface area contributed by atoms with E-state index in [0.717, 1.165) is 6.07 Å². The third-order valence-electron chi connectivity index (χ3n) is 4.57. The van der Waals surface area contributed by atoms with Gasteiger partial charge in [-0.3, -0.25) is 9.59 Å². The number of amides is 2. The van der Waals surface area contributed by atoms with Crippen LogP contribution in [0.2, 0.25) is 0 Å². The molecule has 0 radical (unpaired) electrons. The van der Waals surface area contributed by atoms with Gasteiger partial charge in [-0.25, -0.2) is 22.8 Å². The van der Waals surface area contributed by atoms with Gasteiger partial charge in [0.05, 0.1) is 23.9 Å². The van der Waals surface area contributed by atoms with E-state index in [1.165, 1.54) is 13.8 Å². The molecule has 0 bridgehead atoms. The number of esters is 2. The fourth-order valence-corrected chi connectivity index (χ4v) is 2.93. The number of hydrogen-bond donors (Lipinski definition) is 3. The molecule has 2 amide bonds. The van der Waals surface area contributed by atoms with Gasteiger partial charge in [-0.1, -0.05) is 0 Å². The van der Waals surface area contributed by atoms with Gasteiger partial charge in [0.2, 0.25) is 5.91 Å². The highest BCUT2D eigenvalue weighted by Gasteiger charge is 2.27. The van der Waals surface area contributed by atoms with Crippen LogP contribution >= 0.6 is 0 Å². The van der Waals surface area contributed by atoms with Gasteiger partial charge in [-0.2, -0.15) is 0 Å². The second kappa shape index (κ2) is 10.9. The number of carbonyl (C=O) groups is 4. The average Bonchev–Trinajstić information content (AvgIpc) is 3.05. The fraction of sp³-hybridized carbons (Fsp3) is 0.364. The summed E-state index contributed by atoms with van der Waals surface area (Å²) < 4.78 is 50.0. The molecule has 12 heteroatoms. The highest BCUT2D eigenvalue weighted by Crippen LogP contribution is 2.21. The molecule has 1 unspecified atom stereocenters. The Morgan fingerprint density at radius 2 is 1.62 bits per heavy atom. The third kappa shape index (κ3) is 6.15. The van der Waals surface area contributed by atoms with Crippen molar-refractivity contribution in [1.29, 1.82) is 0 Å². The lowest BCUT2D eigenvalue weighted by Crippen LogP contribution is -2.40. The highest BCUT2D eigenvalue weighted by atomic mass is 19.2. The predicted molar refractivity (Wildman–Crippen MR) is 114 cm³/mol. The molecule has 0 spiro atoms. The zero-order valence-electron chi connectivity index (χ0n) is 19.1. The summed E-state index contributed by atoms with van der Waals surface area (Å²) in [6, 6.07) is 1.45. The molecular formula is C22H24F3N3O6. The normalized spacial score (nSPS) is 11.7. The molecular weight excluding hydrogens is 459 g/mol. The first kappa shape index (κ1) is 26.4. The molecule has 2 rings (SSSR count). The SMILES string of the molecule is Cc1[nH]c(C(=O)OC(C)C(=O)NCC(=O)Nc2ccc(F)c(F)c2F)c(C)c1C(=O)OC(C)C. The van der Waals surface area contributed by atoms with E-state index in [4.69, 9.17) is 9.47 Å². The maximum atomic E-state index is 13.6. The third-order valence-corrected chi connectivity index (χ3v) is 4.57. The molecule has 9 nitrogen and oxygen atoms in total. The van der Waals surface area contributed by atoms with Crippen molar-refractivity contribution in [1.82, 2.24) is 10.3 Å². The maximum Gasteiger partial charge on any atom is 0.355 e. The molecule has 3 N–H and O–H groups in total. The van der Waals surface area contributed by atoms with Crippen molar-refractivity contribution in [2.24, 2.45) is 0 Å². The van der Waals surface area contributed by atoms with Crippen LogP contribution in [-0.4, -0.2) is 47.5 Å². The van der Waals surface area contributed by atoms with Crippen LogP contribution in [0.3, 0.4) is 0 Å². The van der Waals surface area contributed by atoms with Crippen LogP contribution < -0.4 is 10.6 Å². The molecule has 34 heavy (non-hydrogen) atoms. The Hall–Kier alpha value is -3.83. The monoisotopic (exact) mass is 483 g/mol. The van der Waals surface area contributed by atoms with E-state index in [1.54, 1.807) is 20.8 Å². The highest BCUT2D eigenvalue weighted by molar-refractivity contribution is 6.00. The lowest BCUT2D eigenvalue weighted by Gasteiger charge is -2.14. The number of aryl methyl sites for hydroxylation is 1. The van der Waals surface area contributed by atoms with Gasteiger partial charge in [0.15, 0.2) is 23.6 Å². The molecule has 0 aliphatic rings. The van der Waals surface area contributed by atoms with E-state index < -0.39 is 59.5 Å². The molecule has 184 valence electrons. The molecule has 1 aromatic heterocycles. The molecule has 1 atom stereocenters. The van der Waals surface area contributed by atoms with Gasteiger partial charge < -0.3 is 25.1 Å². The summed E-state index contributed by atoms with van der Waals surface area (Å²) in [6.45, 7) is 7.04.